The Bertz CT molecular complexity index is 1030. The lowest BCUT2D eigenvalue weighted by Crippen LogP contribution is -2.23. The molecule has 2 amide bonds. The molecule has 2 aromatic carbocycles. The van der Waals surface area contributed by atoms with Crippen molar-refractivity contribution in [1.29, 1.82) is 0 Å². The van der Waals surface area contributed by atoms with Gasteiger partial charge in [0, 0.05) is 36.8 Å². The highest BCUT2D eigenvalue weighted by molar-refractivity contribution is 5.94. The maximum absolute atomic E-state index is 12.5. The minimum atomic E-state index is -0.177. The molecule has 2 heterocycles. The maximum atomic E-state index is 12.5. The Hall–Kier alpha value is -3.65. The largest absolute Gasteiger partial charge is 0.491 e. The van der Waals surface area contributed by atoms with Crippen molar-refractivity contribution in [3.63, 3.8) is 0 Å². The van der Waals surface area contributed by atoms with Crippen molar-refractivity contribution in [2.75, 3.05) is 18.5 Å². The molecule has 166 valence electrons. The summed E-state index contributed by atoms with van der Waals surface area (Å²) in [5, 5.41) is 9.77. The number of anilines is 1. The fourth-order valence-electron chi connectivity index (χ4n) is 3.45. The molecule has 2 N–H and O–H groups in total. The Labute approximate surface area is 186 Å². The number of nitrogens with zero attached hydrogens (tertiary/aromatic N) is 2. The zero-order chi connectivity index (χ0) is 22.2. The first-order valence-electron chi connectivity index (χ1n) is 10.6. The molecule has 1 fully saturated rings. The van der Waals surface area contributed by atoms with E-state index < -0.39 is 0 Å². The van der Waals surface area contributed by atoms with Crippen molar-refractivity contribution in [1.82, 2.24) is 15.1 Å². The van der Waals surface area contributed by atoms with E-state index in [2.05, 4.69) is 15.7 Å². The molecule has 1 unspecified atom stereocenters. The van der Waals surface area contributed by atoms with Gasteiger partial charge in [0.1, 0.15) is 18.9 Å². The van der Waals surface area contributed by atoms with Gasteiger partial charge in [-0.15, -0.1) is 0 Å². The lowest BCUT2D eigenvalue weighted by molar-refractivity contribution is -0.116. The van der Waals surface area contributed by atoms with Crippen molar-refractivity contribution in [3.8, 4) is 5.75 Å². The number of benzene rings is 2. The highest BCUT2D eigenvalue weighted by Gasteiger charge is 2.16. The van der Waals surface area contributed by atoms with Crippen LogP contribution in [0.5, 0.6) is 5.75 Å². The van der Waals surface area contributed by atoms with Gasteiger partial charge >= 0.3 is 0 Å². The third-order valence-corrected chi connectivity index (χ3v) is 5.10. The van der Waals surface area contributed by atoms with E-state index in [9.17, 15) is 9.59 Å². The van der Waals surface area contributed by atoms with Crippen LogP contribution in [-0.4, -0.2) is 40.9 Å². The zero-order valence-electron chi connectivity index (χ0n) is 17.7. The molecule has 0 bridgehead atoms. The number of amides is 2. The van der Waals surface area contributed by atoms with Crippen LogP contribution < -0.4 is 15.4 Å². The van der Waals surface area contributed by atoms with Crippen molar-refractivity contribution in [2.24, 2.45) is 0 Å². The van der Waals surface area contributed by atoms with Crippen LogP contribution in [0.4, 0.5) is 5.69 Å². The molecule has 1 saturated heterocycles. The first-order chi connectivity index (χ1) is 15.7. The monoisotopic (exact) mass is 434 g/mol. The SMILES string of the molecule is O=C(Cn1cccn1)Nc1cccc(CNC(=O)c2ccc(OCC3CCCO3)cc2)c1. The number of rotatable bonds is 9. The molecule has 8 nitrogen and oxygen atoms in total. The molecule has 0 radical (unpaired) electrons. The Morgan fingerprint density at radius 1 is 1.16 bits per heavy atom. The summed E-state index contributed by atoms with van der Waals surface area (Å²) in [6.07, 6.45) is 5.62. The molecule has 1 aliphatic rings. The summed E-state index contributed by atoms with van der Waals surface area (Å²) >= 11 is 0. The maximum Gasteiger partial charge on any atom is 0.251 e. The van der Waals surface area contributed by atoms with Crippen LogP contribution in [-0.2, 0) is 22.6 Å². The molecule has 32 heavy (non-hydrogen) atoms. The summed E-state index contributed by atoms with van der Waals surface area (Å²) < 4.78 is 12.8. The Balaban J connectivity index is 1.25. The molecular formula is C24H26N4O4. The quantitative estimate of drug-likeness (QED) is 0.540. The van der Waals surface area contributed by atoms with E-state index in [0.717, 1.165) is 30.8 Å². The van der Waals surface area contributed by atoms with Crippen molar-refractivity contribution < 1.29 is 19.1 Å². The summed E-state index contributed by atoms with van der Waals surface area (Å²) in [5.41, 5.74) is 2.10. The number of hydrogen-bond acceptors (Lipinski definition) is 5. The lowest BCUT2D eigenvalue weighted by Gasteiger charge is -2.12. The summed E-state index contributed by atoms with van der Waals surface area (Å²) in [6, 6.07) is 16.2. The van der Waals surface area contributed by atoms with Gasteiger partial charge in [0.2, 0.25) is 5.91 Å². The Morgan fingerprint density at radius 3 is 2.78 bits per heavy atom. The molecule has 1 atom stereocenters. The normalized spacial score (nSPS) is 15.3. The summed E-state index contributed by atoms with van der Waals surface area (Å²) in [4.78, 5) is 24.6. The number of carbonyl (C=O) groups excluding carboxylic acids is 2. The average Bonchev–Trinajstić information content (AvgIpc) is 3.51. The van der Waals surface area contributed by atoms with Crippen LogP contribution >= 0.6 is 0 Å². The first kappa shape index (κ1) is 21.6. The van der Waals surface area contributed by atoms with E-state index in [1.54, 1.807) is 47.4 Å². The van der Waals surface area contributed by atoms with Gasteiger partial charge in [-0.2, -0.15) is 5.10 Å². The van der Waals surface area contributed by atoms with Crippen molar-refractivity contribution >= 4 is 17.5 Å². The number of ether oxygens (including phenoxy) is 2. The summed E-state index contributed by atoms with van der Waals surface area (Å²) in [7, 11) is 0. The molecule has 0 aliphatic carbocycles. The minimum Gasteiger partial charge on any atom is -0.491 e. The lowest BCUT2D eigenvalue weighted by atomic mass is 10.1. The number of nitrogens with one attached hydrogen (secondary N) is 2. The van der Waals surface area contributed by atoms with E-state index >= 15 is 0 Å². The highest BCUT2D eigenvalue weighted by atomic mass is 16.5. The van der Waals surface area contributed by atoms with Gasteiger partial charge in [-0.3, -0.25) is 14.3 Å². The van der Waals surface area contributed by atoms with Gasteiger partial charge in [0.25, 0.3) is 5.91 Å². The zero-order valence-corrected chi connectivity index (χ0v) is 17.7. The van der Waals surface area contributed by atoms with Gasteiger partial charge in [-0.25, -0.2) is 0 Å². The van der Waals surface area contributed by atoms with Crippen molar-refractivity contribution in [3.05, 3.63) is 78.1 Å². The minimum absolute atomic E-state index is 0.140. The molecule has 1 aliphatic heterocycles. The van der Waals surface area contributed by atoms with Crippen LogP contribution in [0.15, 0.2) is 67.0 Å². The van der Waals surface area contributed by atoms with Crippen LogP contribution in [0.1, 0.15) is 28.8 Å². The van der Waals surface area contributed by atoms with Gasteiger partial charge in [0.15, 0.2) is 0 Å². The number of carbonyl (C=O) groups is 2. The van der Waals surface area contributed by atoms with Crippen LogP contribution in [0, 0.1) is 0 Å². The standard InChI is InChI=1S/C24H26N4O4/c29-23(16-28-12-3-11-26-28)27-20-5-1-4-18(14-20)15-25-24(30)19-7-9-21(10-8-19)32-17-22-6-2-13-31-22/h1,3-5,7-12,14,22H,2,6,13,15-17H2,(H,25,30)(H,27,29). The topological polar surface area (TPSA) is 94.5 Å². The average molecular weight is 434 g/mol. The fraction of sp³-hybridized carbons (Fsp3) is 0.292. The van der Waals surface area contributed by atoms with Gasteiger partial charge in [-0.05, 0) is 60.9 Å². The number of hydrogen-bond donors (Lipinski definition) is 2. The first-order valence-corrected chi connectivity index (χ1v) is 10.6. The molecule has 3 aromatic rings. The highest BCUT2D eigenvalue weighted by Crippen LogP contribution is 2.17. The Kier molecular flexibility index (Phi) is 7.14. The van der Waals surface area contributed by atoms with Gasteiger partial charge in [0.05, 0.1) is 6.10 Å². The fourth-order valence-corrected chi connectivity index (χ4v) is 3.45. The van der Waals surface area contributed by atoms with Crippen LogP contribution in [0.25, 0.3) is 0 Å². The predicted molar refractivity (Wildman–Crippen MR) is 119 cm³/mol. The number of aromatic nitrogens is 2. The van der Waals surface area contributed by atoms with Gasteiger partial charge in [-0.1, -0.05) is 12.1 Å². The second kappa shape index (κ2) is 10.6. The van der Waals surface area contributed by atoms with Crippen LogP contribution in [0.2, 0.25) is 0 Å². The van der Waals surface area contributed by atoms with Gasteiger partial charge < -0.3 is 20.1 Å². The second-order valence-corrected chi connectivity index (χ2v) is 7.61. The smallest absolute Gasteiger partial charge is 0.251 e. The van der Waals surface area contributed by atoms with Crippen molar-refractivity contribution in [2.45, 2.75) is 32.0 Å². The van der Waals surface area contributed by atoms with Crippen LogP contribution in [0.3, 0.4) is 0 Å². The summed E-state index contributed by atoms with van der Waals surface area (Å²) in [5.74, 6) is 0.371. The van der Waals surface area contributed by atoms with E-state index in [1.165, 1.54) is 0 Å². The van der Waals surface area contributed by atoms with E-state index in [-0.39, 0.29) is 24.5 Å². The molecule has 0 saturated carbocycles. The third-order valence-electron chi connectivity index (χ3n) is 5.10. The molecule has 0 spiro atoms. The molecule has 4 rings (SSSR count). The van der Waals surface area contributed by atoms with E-state index in [0.29, 0.717) is 24.4 Å². The molecule has 1 aromatic heterocycles. The molecule has 8 heteroatoms. The summed E-state index contributed by atoms with van der Waals surface area (Å²) in [6.45, 7) is 1.81. The second-order valence-electron chi connectivity index (χ2n) is 7.61. The Morgan fingerprint density at radius 2 is 2.03 bits per heavy atom. The van der Waals surface area contributed by atoms with E-state index in [1.807, 2.05) is 24.3 Å². The third kappa shape index (κ3) is 6.18. The van der Waals surface area contributed by atoms with E-state index in [4.69, 9.17) is 9.47 Å². The predicted octanol–water partition coefficient (Wildman–Crippen LogP) is 3.01. The molecular weight excluding hydrogens is 408 g/mol.